The Morgan fingerprint density at radius 2 is 1.71 bits per heavy atom. The second-order valence-electron chi connectivity index (χ2n) is 6.41. The highest BCUT2D eigenvalue weighted by atomic mass is 35.5. The summed E-state index contributed by atoms with van der Waals surface area (Å²) < 4.78 is 5.96. The van der Waals surface area contributed by atoms with Gasteiger partial charge >= 0.3 is 5.69 Å². The van der Waals surface area contributed by atoms with Gasteiger partial charge in [-0.2, -0.15) is 9.94 Å². The summed E-state index contributed by atoms with van der Waals surface area (Å²) in [7, 11) is 0. The lowest BCUT2D eigenvalue weighted by molar-refractivity contribution is 0.415. The van der Waals surface area contributed by atoms with Crippen LogP contribution in [-0.2, 0) is 12.8 Å². The first-order valence-electron chi connectivity index (χ1n) is 8.59. The van der Waals surface area contributed by atoms with Gasteiger partial charge in [0, 0.05) is 11.1 Å². The molecule has 0 aliphatic heterocycles. The van der Waals surface area contributed by atoms with Gasteiger partial charge in [0.1, 0.15) is 16.1 Å². The highest BCUT2D eigenvalue weighted by Crippen LogP contribution is 2.51. The summed E-state index contributed by atoms with van der Waals surface area (Å²) in [5, 5.41) is 38.6. The van der Waals surface area contributed by atoms with Crippen molar-refractivity contribution in [3.63, 3.8) is 0 Å². The summed E-state index contributed by atoms with van der Waals surface area (Å²) in [6.45, 7) is 0. The van der Waals surface area contributed by atoms with Crippen LogP contribution in [-0.4, -0.2) is 35.2 Å². The van der Waals surface area contributed by atoms with Gasteiger partial charge in [0.05, 0.1) is 0 Å². The molecule has 0 saturated carbocycles. The van der Waals surface area contributed by atoms with Crippen LogP contribution in [0.4, 0.5) is 0 Å². The molecule has 3 aromatic rings. The third-order valence-corrected chi connectivity index (χ3v) is 5.32. The van der Waals surface area contributed by atoms with E-state index in [1.807, 2.05) is 4.98 Å². The number of aromatic hydroxyl groups is 2. The average Bonchev–Trinajstić information content (AvgIpc) is 3.24. The summed E-state index contributed by atoms with van der Waals surface area (Å²) in [6.07, 6.45) is 1.75. The zero-order valence-corrected chi connectivity index (χ0v) is 16.7. The van der Waals surface area contributed by atoms with E-state index in [0.29, 0.717) is 35.1 Å². The summed E-state index contributed by atoms with van der Waals surface area (Å²) in [5.41, 5.74) is -2.94. The number of nitrogens with one attached hydrogen (secondary N) is 2. The minimum absolute atomic E-state index is 0.0199. The lowest BCUT2D eigenvalue weighted by Crippen LogP contribution is -2.33. The zero-order chi connectivity index (χ0) is 22.4. The lowest BCUT2D eigenvalue weighted by Gasteiger charge is -2.16. The van der Waals surface area contributed by atoms with Crippen molar-refractivity contribution in [3.05, 3.63) is 58.1 Å². The molecule has 4 N–H and O–H groups in total. The van der Waals surface area contributed by atoms with Crippen molar-refractivity contribution in [1.82, 2.24) is 25.0 Å². The number of ether oxygens (including phenoxy) is 1. The Kier molecular flexibility index (Phi) is 4.92. The van der Waals surface area contributed by atoms with E-state index < -0.39 is 49.9 Å². The number of aromatic amines is 2. The highest BCUT2D eigenvalue weighted by molar-refractivity contribution is 6.39. The lowest BCUT2D eigenvalue weighted by atomic mass is 10.2. The number of benzene rings is 1. The summed E-state index contributed by atoms with van der Waals surface area (Å²) >= 11 is 12.3. The summed E-state index contributed by atoms with van der Waals surface area (Å²) in [5.74, 6) is -2.15. The molecular weight excluding hydrogens is 455 g/mol. The molecule has 12 nitrogen and oxygen atoms in total. The largest absolute Gasteiger partial charge is 0.504 e. The fourth-order valence-corrected chi connectivity index (χ4v) is 3.69. The zero-order valence-electron chi connectivity index (χ0n) is 15.2. The van der Waals surface area contributed by atoms with Crippen molar-refractivity contribution in [1.29, 1.82) is 5.26 Å². The van der Waals surface area contributed by atoms with E-state index >= 15 is 0 Å². The maximum absolute atomic E-state index is 12.1. The summed E-state index contributed by atoms with van der Waals surface area (Å²) in [6, 6.07) is 1.47. The van der Waals surface area contributed by atoms with Crippen LogP contribution in [0, 0.1) is 11.3 Å². The molecule has 0 amide bonds. The molecule has 14 heteroatoms. The highest BCUT2D eigenvalue weighted by Gasteiger charge is 2.29. The first-order chi connectivity index (χ1) is 14.7. The van der Waals surface area contributed by atoms with Gasteiger partial charge in [-0.25, -0.2) is 9.89 Å². The van der Waals surface area contributed by atoms with Gasteiger partial charge in [0.25, 0.3) is 11.1 Å². The van der Waals surface area contributed by atoms with Gasteiger partial charge in [-0.15, -0.1) is 10.2 Å². The molecule has 1 aliphatic rings. The number of aromatic nitrogens is 5. The number of halogens is 2. The number of hydrogen-bond acceptors (Lipinski definition) is 9. The van der Waals surface area contributed by atoms with E-state index in [1.165, 1.54) is 6.07 Å². The fraction of sp³-hybridized carbons (Fsp3) is 0.176. The van der Waals surface area contributed by atoms with Gasteiger partial charge in [-0.3, -0.25) is 14.6 Å². The number of nitriles is 1. The molecule has 0 saturated heterocycles. The van der Waals surface area contributed by atoms with E-state index in [-0.39, 0.29) is 11.4 Å². The quantitative estimate of drug-likeness (QED) is 0.435. The molecule has 2 heterocycles. The smallest absolute Gasteiger partial charge is 0.349 e. The number of phenols is 2. The van der Waals surface area contributed by atoms with E-state index in [1.54, 1.807) is 0 Å². The van der Waals surface area contributed by atoms with Crippen molar-refractivity contribution in [3.8, 4) is 34.9 Å². The molecule has 0 unspecified atom stereocenters. The molecule has 31 heavy (non-hydrogen) atoms. The minimum atomic E-state index is -1.17. The topological polar surface area (TPSA) is 187 Å². The van der Waals surface area contributed by atoms with Crippen LogP contribution in [0.5, 0.6) is 23.1 Å². The molecule has 2 aromatic heterocycles. The van der Waals surface area contributed by atoms with Gasteiger partial charge < -0.3 is 14.9 Å². The number of nitrogens with zero attached hydrogens (tertiary/aromatic N) is 4. The number of fused-ring (bicyclic) bond motifs is 1. The van der Waals surface area contributed by atoms with E-state index in [9.17, 15) is 24.6 Å². The van der Waals surface area contributed by atoms with E-state index in [2.05, 4.69) is 15.3 Å². The molecule has 4 rings (SSSR count). The predicted octanol–water partition coefficient (Wildman–Crippen LogP) is 0.875. The molecule has 0 spiro atoms. The standard InChI is InChI=1S/C17H10Cl2N6O6/c18-8-11(26)10(25-17(30)21-15(29)7(4-20)24-25)12(27)9(19)13(8)31-16-6-3-1-2-5(6)14(28)22-23-16/h26-27H,1-3H2,(H,22,28)(H,21,29,30). The second-order valence-corrected chi connectivity index (χ2v) is 7.16. The SMILES string of the molecule is N#Cc1nn(-c2c(O)c(Cl)c(Oc3n[nH]c(=O)c4c3CCC4)c(Cl)c2O)c(=O)[nH]c1=O. The van der Waals surface area contributed by atoms with Crippen LogP contribution in [0.25, 0.3) is 5.69 Å². The maximum Gasteiger partial charge on any atom is 0.349 e. The normalized spacial score (nSPS) is 12.4. The van der Waals surface area contributed by atoms with Crippen molar-refractivity contribution in [2.75, 3.05) is 0 Å². The average molecular weight is 465 g/mol. The molecule has 1 aromatic carbocycles. The van der Waals surface area contributed by atoms with E-state index in [0.717, 1.165) is 0 Å². The van der Waals surface area contributed by atoms with Crippen molar-refractivity contribution in [2.45, 2.75) is 19.3 Å². The van der Waals surface area contributed by atoms with Crippen molar-refractivity contribution < 1.29 is 14.9 Å². The number of H-pyrrole nitrogens is 2. The Labute approximate surface area is 180 Å². The number of hydrogen-bond donors (Lipinski definition) is 4. The fourth-order valence-electron chi connectivity index (χ4n) is 3.19. The Morgan fingerprint density at radius 1 is 1.06 bits per heavy atom. The van der Waals surface area contributed by atoms with Crippen LogP contribution in [0.3, 0.4) is 0 Å². The molecule has 0 fully saturated rings. The molecule has 0 atom stereocenters. The van der Waals surface area contributed by atoms with E-state index in [4.69, 9.17) is 33.2 Å². The predicted molar refractivity (Wildman–Crippen MR) is 105 cm³/mol. The molecule has 0 bridgehead atoms. The first kappa shape index (κ1) is 20.5. The summed E-state index contributed by atoms with van der Waals surface area (Å²) in [4.78, 5) is 37.4. The third-order valence-electron chi connectivity index (χ3n) is 4.62. The molecular formula is C17H10Cl2N6O6. The van der Waals surface area contributed by atoms with Gasteiger partial charge in [0.2, 0.25) is 11.6 Å². The van der Waals surface area contributed by atoms with Crippen LogP contribution < -0.4 is 21.5 Å². The Balaban J connectivity index is 1.90. The first-order valence-corrected chi connectivity index (χ1v) is 9.35. The van der Waals surface area contributed by atoms with Crippen molar-refractivity contribution in [2.24, 2.45) is 0 Å². The van der Waals surface area contributed by atoms with Gasteiger partial charge in [0.15, 0.2) is 22.9 Å². The van der Waals surface area contributed by atoms with Gasteiger partial charge in [-0.1, -0.05) is 23.2 Å². The Morgan fingerprint density at radius 3 is 2.35 bits per heavy atom. The van der Waals surface area contributed by atoms with Crippen LogP contribution in [0.2, 0.25) is 10.0 Å². The minimum Gasteiger partial charge on any atom is -0.504 e. The maximum atomic E-state index is 12.1. The molecule has 1 aliphatic carbocycles. The van der Waals surface area contributed by atoms with Crippen LogP contribution in [0.15, 0.2) is 14.4 Å². The van der Waals surface area contributed by atoms with Crippen molar-refractivity contribution >= 4 is 23.2 Å². The number of rotatable bonds is 3. The molecule has 158 valence electrons. The van der Waals surface area contributed by atoms with Gasteiger partial charge in [-0.05, 0) is 19.3 Å². The second kappa shape index (κ2) is 7.46. The Bertz CT molecular complexity index is 1440. The third kappa shape index (κ3) is 3.20. The van der Waals surface area contributed by atoms with Crippen LogP contribution >= 0.6 is 23.2 Å². The number of phenolic OH excluding ortho intramolecular Hbond substituents is 2. The monoisotopic (exact) mass is 464 g/mol. The Hall–Kier alpha value is -3.82. The van der Waals surface area contributed by atoms with Crippen LogP contribution in [0.1, 0.15) is 23.2 Å². The molecule has 0 radical (unpaired) electrons.